The molecule has 3 aromatic carbocycles. The number of methoxy groups -OCH3 is 2. The first kappa shape index (κ1) is 25.4. The number of anilines is 1. The van der Waals surface area contributed by atoms with Gasteiger partial charge >= 0.3 is 12.1 Å². The van der Waals surface area contributed by atoms with Crippen LogP contribution in [0.4, 0.5) is 23.6 Å². The molecule has 0 bridgehead atoms. The van der Waals surface area contributed by atoms with E-state index in [1.807, 2.05) is 6.07 Å². The van der Waals surface area contributed by atoms with Gasteiger partial charge in [-0.15, -0.1) is 0 Å². The fourth-order valence-corrected chi connectivity index (χ4v) is 4.44. The van der Waals surface area contributed by atoms with Crippen molar-refractivity contribution in [2.45, 2.75) is 31.8 Å². The van der Waals surface area contributed by atoms with E-state index >= 15 is 0 Å². The topological polar surface area (TPSA) is 74.0 Å². The van der Waals surface area contributed by atoms with Gasteiger partial charge in [-0.1, -0.05) is 18.2 Å². The van der Waals surface area contributed by atoms with Crippen LogP contribution in [0, 0.1) is 5.82 Å². The Morgan fingerprint density at radius 1 is 1.11 bits per heavy atom. The first-order chi connectivity index (χ1) is 18.2. The molecule has 1 aliphatic heterocycles. The monoisotopic (exact) mass is 530 g/mol. The normalized spacial score (nSPS) is 15.3. The predicted molar refractivity (Wildman–Crippen MR) is 128 cm³/mol. The molecule has 5 rings (SSSR count). The van der Waals surface area contributed by atoms with E-state index in [2.05, 4.69) is 4.98 Å². The third-order valence-electron chi connectivity index (χ3n) is 6.38. The van der Waals surface area contributed by atoms with Crippen LogP contribution in [-0.2, 0) is 35.3 Å². The highest BCUT2D eigenvalue weighted by molar-refractivity contribution is 5.82. The number of halogens is 4. The summed E-state index contributed by atoms with van der Waals surface area (Å²) in [5.41, 5.74) is 1.93. The average Bonchev–Trinajstić information content (AvgIpc) is 3.33. The molecule has 4 aromatic rings. The second-order valence-electron chi connectivity index (χ2n) is 8.70. The maximum atomic E-state index is 13.7. The lowest BCUT2D eigenvalue weighted by molar-refractivity contribution is -0.142. The highest BCUT2D eigenvalue weighted by Gasteiger charge is 2.37. The van der Waals surface area contributed by atoms with E-state index in [9.17, 15) is 22.4 Å². The van der Waals surface area contributed by atoms with Crippen molar-refractivity contribution in [1.82, 2.24) is 4.98 Å². The summed E-state index contributed by atoms with van der Waals surface area (Å²) in [5.74, 6) is -0.237. The zero-order valence-electron chi connectivity index (χ0n) is 20.3. The zero-order chi connectivity index (χ0) is 27.0. The predicted octanol–water partition coefficient (Wildman–Crippen LogP) is 5.68. The van der Waals surface area contributed by atoms with E-state index in [1.165, 1.54) is 44.6 Å². The molecule has 2 heterocycles. The number of hydrogen-bond acceptors (Lipinski definition) is 7. The molecule has 0 N–H and O–H groups in total. The summed E-state index contributed by atoms with van der Waals surface area (Å²) in [6, 6.07) is 11.5. The molecule has 0 radical (unpaired) electrons. The number of ether oxygens (including phenoxy) is 3. The number of carbonyl (C=O) groups is 1. The van der Waals surface area contributed by atoms with Crippen LogP contribution >= 0.6 is 0 Å². The third kappa shape index (κ3) is 4.83. The first-order valence-electron chi connectivity index (χ1n) is 11.6. The van der Waals surface area contributed by atoms with E-state index in [-0.39, 0.29) is 31.2 Å². The van der Waals surface area contributed by atoms with E-state index in [0.29, 0.717) is 28.1 Å². The second-order valence-corrected chi connectivity index (χ2v) is 8.70. The number of fused-ring (bicyclic) bond motifs is 2. The average molecular weight is 530 g/mol. The van der Waals surface area contributed by atoms with Crippen molar-refractivity contribution in [1.29, 1.82) is 0 Å². The largest absolute Gasteiger partial charge is 0.493 e. The smallest absolute Gasteiger partial charge is 0.416 e. The molecule has 198 valence electrons. The van der Waals surface area contributed by atoms with Crippen LogP contribution in [0.3, 0.4) is 0 Å². The third-order valence-corrected chi connectivity index (χ3v) is 6.38. The van der Waals surface area contributed by atoms with Crippen molar-refractivity contribution in [2.24, 2.45) is 0 Å². The maximum Gasteiger partial charge on any atom is 0.416 e. The van der Waals surface area contributed by atoms with Crippen LogP contribution in [0.25, 0.3) is 11.1 Å². The molecule has 38 heavy (non-hydrogen) atoms. The summed E-state index contributed by atoms with van der Waals surface area (Å²) in [6.45, 7) is 0.180. The molecular formula is C27H22F4N2O5. The van der Waals surface area contributed by atoms with Gasteiger partial charge in [0.1, 0.15) is 24.0 Å². The summed E-state index contributed by atoms with van der Waals surface area (Å²) in [7, 11) is 2.74. The Hall–Kier alpha value is -4.28. The van der Waals surface area contributed by atoms with Gasteiger partial charge in [0.2, 0.25) is 0 Å². The Kier molecular flexibility index (Phi) is 6.60. The van der Waals surface area contributed by atoms with E-state index in [0.717, 1.165) is 17.7 Å². The number of nitrogens with zero attached hydrogens (tertiary/aromatic N) is 2. The minimum Gasteiger partial charge on any atom is -0.493 e. The Morgan fingerprint density at radius 2 is 1.87 bits per heavy atom. The summed E-state index contributed by atoms with van der Waals surface area (Å²) in [6.07, 6.45) is -4.28. The lowest BCUT2D eigenvalue weighted by Gasteiger charge is -2.35. The van der Waals surface area contributed by atoms with Gasteiger partial charge in [-0.25, -0.2) is 9.18 Å². The van der Waals surface area contributed by atoms with Crippen molar-refractivity contribution in [2.75, 3.05) is 19.1 Å². The van der Waals surface area contributed by atoms with Crippen LogP contribution in [0.5, 0.6) is 11.5 Å². The second kappa shape index (κ2) is 9.88. The van der Waals surface area contributed by atoms with Crippen molar-refractivity contribution < 1.29 is 41.0 Å². The minimum absolute atomic E-state index is 0.0196. The van der Waals surface area contributed by atoms with Gasteiger partial charge < -0.3 is 23.5 Å². The number of esters is 1. The maximum absolute atomic E-state index is 13.7. The molecule has 0 spiro atoms. The van der Waals surface area contributed by atoms with Crippen LogP contribution in [0.2, 0.25) is 0 Å². The Bertz CT molecular complexity index is 1480. The minimum atomic E-state index is -4.43. The Labute approximate surface area is 214 Å². The number of benzene rings is 3. The van der Waals surface area contributed by atoms with E-state index < -0.39 is 29.6 Å². The molecule has 7 nitrogen and oxygen atoms in total. The number of aromatic nitrogens is 1. The zero-order valence-corrected chi connectivity index (χ0v) is 20.3. The van der Waals surface area contributed by atoms with E-state index in [1.54, 1.807) is 11.0 Å². The molecular weight excluding hydrogens is 508 g/mol. The van der Waals surface area contributed by atoms with Gasteiger partial charge in [-0.3, -0.25) is 0 Å². The lowest BCUT2D eigenvalue weighted by atomic mass is 9.92. The van der Waals surface area contributed by atoms with Gasteiger partial charge in [-0.05, 0) is 41.5 Å². The van der Waals surface area contributed by atoms with Crippen LogP contribution in [0.1, 0.15) is 22.3 Å². The molecule has 1 aliphatic rings. The summed E-state index contributed by atoms with van der Waals surface area (Å²) in [4.78, 5) is 18.9. The van der Waals surface area contributed by atoms with Crippen LogP contribution in [0.15, 0.2) is 59.0 Å². The Balaban J connectivity index is 1.47. The molecule has 11 heteroatoms. The number of oxazole rings is 1. The molecule has 0 saturated carbocycles. The number of carbonyl (C=O) groups excluding carboxylic acids is 1. The number of rotatable bonds is 6. The fourth-order valence-electron chi connectivity index (χ4n) is 4.44. The number of alkyl halides is 3. The highest BCUT2D eigenvalue weighted by atomic mass is 19.4. The van der Waals surface area contributed by atoms with Crippen molar-refractivity contribution in [3.63, 3.8) is 0 Å². The lowest BCUT2D eigenvalue weighted by Crippen LogP contribution is -2.46. The first-order valence-corrected chi connectivity index (χ1v) is 11.6. The molecule has 0 fully saturated rings. The molecule has 0 saturated heterocycles. The molecule has 1 atom stereocenters. The van der Waals surface area contributed by atoms with Crippen molar-refractivity contribution in [3.05, 3.63) is 82.7 Å². The summed E-state index contributed by atoms with van der Waals surface area (Å²) < 4.78 is 74.7. The SMILES string of the molecule is COC(=O)C1Cc2c(ccc(OC)c2OCc2ccc(C(F)(F)F)cc2)CN1c1nc2ccc(F)cc2o1. The van der Waals surface area contributed by atoms with E-state index in [4.69, 9.17) is 18.6 Å². The Morgan fingerprint density at radius 3 is 2.55 bits per heavy atom. The van der Waals surface area contributed by atoms with Gasteiger partial charge in [0, 0.05) is 24.6 Å². The quantitative estimate of drug-likeness (QED) is 0.235. The number of hydrogen-bond donors (Lipinski definition) is 0. The highest BCUT2D eigenvalue weighted by Crippen LogP contribution is 2.40. The molecule has 0 amide bonds. The summed E-state index contributed by atoms with van der Waals surface area (Å²) >= 11 is 0. The molecule has 0 aliphatic carbocycles. The van der Waals surface area contributed by atoms with Gasteiger partial charge in [0.15, 0.2) is 17.1 Å². The fraction of sp³-hybridized carbons (Fsp3) is 0.259. The van der Waals surface area contributed by atoms with Crippen molar-refractivity contribution >= 4 is 23.1 Å². The van der Waals surface area contributed by atoms with Crippen LogP contribution < -0.4 is 14.4 Å². The standard InChI is InChI=1S/C27H22F4N2O5/c1-35-22-10-5-16-13-33(26-32-20-9-8-18(28)11-23(20)38-26)21(25(34)36-2)12-19(16)24(22)37-14-15-3-6-17(7-4-15)27(29,30)31/h3-11,21H,12-14H2,1-2H3. The van der Waals surface area contributed by atoms with Crippen LogP contribution in [-0.4, -0.2) is 31.2 Å². The van der Waals surface area contributed by atoms with Gasteiger partial charge in [0.05, 0.1) is 19.8 Å². The molecule has 1 unspecified atom stereocenters. The van der Waals surface area contributed by atoms with Gasteiger partial charge in [-0.2, -0.15) is 18.2 Å². The molecule has 1 aromatic heterocycles. The summed E-state index contributed by atoms with van der Waals surface area (Å²) in [5, 5.41) is 0. The van der Waals surface area contributed by atoms with Crippen molar-refractivity contribution in [3.8, 4) is 11.5 Å². The van der Waals surface area contributed by atoms with Gasteiger partial charge in [0.25, 0.3) is 6.01 Å².